The molecular formula is C11H15N5OS. The summed E-state index contributed by atoms with van der Waals surface area (Å²) in [5, 5.41) is 11.3. The zero-order valence-corrected chi connectivity index (χ0v) is 11.3. The second-order valence-electron chi connectivity index (χ2n) is 4.09. The molecule has 0 aliphatic carbocycles. The summed E-state index contributed by atoms with van der Waals surface area (Å²) < 4.78 is 6.84. The fourth-order valence-corrected chi connectivity index (χ4v) is 2.07. The van der Waals surface area contributed by atoms with Crippen molar-refractivity contribution >= 4 is 23.0 Å². The van der Waals surface area contributed by atoms with E-state index in [1.165, 1.54) is 0 Å². The predicted molar refractivity (Wildman–Crippen MR) is 72.4 cm³/mol. The van der Waals surface area contributed by atoms with Crippen molar-refractivity contribution in [3.05, 3.63) is 28.8 Å². The third-order valence-corrected chi connectivity index (χ3v) is 2.78. The molecule has 0 atom stereocenters. The van der Waals surface area contributed by atoms with Crippen molar-refractivity contribution in [1.82, 2.24) is 14.9 Å². The second-order valence-corrected chi connectivity index (χ2v) is 4.52. The van der Waals surface area contributed by atoms with E-state index in [0.717, 1.165) is 28.5 Å². The van der Waals surface area contributed by atoms with Gasteiger partial charge >= 0.3 is 0 Å². The van der Waals surface area contributed by atoms with Crippen molar-refractivity contribution < 1.29 is 4.52 Å². The van der Waals surface area contributed by atoms with E-state index in [2.05, 4.69) is 15.6 Å². The summed E-state index contributed by atoms with van der Waals surface area (Å²) in [6, 6.07) is 1.87. The molecule has 6 nitrogen and oxygen atoms in total. The van der Waals surface area contributed by atoms with Gasteiger partial charge in [-0.25, -0.2) is 0 Å². The van der Waals surface area contributed by atoms with Crippen LogP contribution in [0.15, 0.2) is 10.6 Å². The van der Waals surface area contributed by atoms with Gasteiger partial charge in [-0.1, -0.05) is 17.4 Å². The first-order valence-electron chi connectivity index (χ1n) is 5.48. The van der Waals surface area contributed by atoms with Crippen LogP contribution < -0.4 is 11.1 Å². The molecule has 0 fully saturated rings. The van der Waals surface area contributed by atoms with Crippen LogP contribution >= 0.6 is 12.2 Å². The first-order chi connectivity index (χ1) is 8.49. The Morgan fingerprint density at radius 1 is 1.56 bits per heavy atom. The van der Waals surface area contributed by atoms with E-state index in [1.807, 2.05) is 27.0 Å². The molecule has 2 heterocycles. The van der Waals surface area contributed by atoms with Gasteiger partial charge in [-0.2, -0.15) is 5.10 Å². The maximum Gasteiger partial charge on any atom is 0.156 e. The Balaban J connectivity index is 2.21. The summed E-state index contributed by atoms with van der Waals surface area (Å²) in [6.07, 6.45) is 0. The zero-order valence-electron chi connectivity index (χ0n) is 10.5. The summed E-state index contributed by atoms with van der Waals surface area (Å²) >= 11 is 5.03. The van der Waals surface area contributed by atoms with Gasteiger partial charge in [-0.3, -0.25) is 4.68 Å². The molecule has 0 saturated carbocycles. The van der Waals surface area contributed by atoms with E-state index in [1.54, 1.807) is 4.68 Å². The number of anilines is 1. The molecule has 7 heteroatoms. The molecule has 0 aromatic carbocycles. The van der Waals surface area contributed by atoms with Crippen LogP contribution in [0.3, 0.4) is 0 Å². The van der Waals surface area contributed by atoms with Crippen LogP contribution in [0.1, 0.15) is 22.7 Å². The van der Waals surface area contributed by atoms with Gasteiger partial charge in [0.25, 0.3) is 0 Å². The SMILES string of the molecule is Cc1cc(CNc2c(C(N)=S)c(C)nn2C)on1. The first-order valence-corrected chi connectivity index (χ1v) is 5.89. The van der Waals surface area contributed by atoms with Gasteiger partial charge in [0.1, 0.15) is 10.8 Å². The van der Waals surface area contributed by atoms with Crippen LogP contribution in [-0.4, -0.2) is 19.9 Å². The lowest BCUT2D eigenvalue weighted by atomic mass is 10.2. The number of nitrogens with zero attached hydrogens (tertiary/aromatic N) is 3. The van der Waals surface area contributed by atoms with Crippen LogP contribution in [-0.2, 0) is 13.6 Å². The number of rotatable bonds is 4. The van der Waals surface area contributed by atoms with Crippen LogP contribution in [0.5, 0.6) is 0 Å². The van der Waals surface area contributed by atoms with Crippen LogP contribution in [0.25, 0.3) is 0 Å². The highest BCUT2D eigenvalue weighted by Crippen LogP contribution is 2.19. The first kappa shape index (κ1) is 12.6. The van der Waals surface area contributed by atoms with Gasteiger partial charge < -0.3 is 15.6 Å². The highest BCUT2D eigenvalue weighted by molar-refractivity contribution is 7.80. The van der Waals surface area contributed by atoms with Gasteiger partial charge in [0.05, 0.1) is 23.5 Å². The molecule has 0 spiro atoms. The smallest absolute Gasteiger partial charge is 0.156 e. The van der Waals surface area contributed by atoms with E-state index < -0.39 is 0 Å². The largest absolute Gasteiger partial charge is 0.389 e. The minimum Gasteiger partial charge on any atom is -0.389 e. The van der Waals surface area contributed by atoms with Crippen molar-refractivity contribution in [3.8, 4) is 0 Å². The Morgan fingerprint density at radius 2 is 2.28 bits per heavy atom. The average molecular weight is 265 g/mol. The molecule has 0 saturated heterocycles. The Hall–Kier alpha value is -1.89. The number of hydrogen-bond acceptors (Lipinski definition) is 5. The number of hydrogen-bond donors (Lipinski definition) is 2. The number of aryl methyl sites for hydroxylation is 3. The number of nitrogens with one attached hydrogen (secondary N) is 1. The van der Waals surface area contributed by atoms with E-state index in [4.69, 9.17) is 22.5 Å². The summed E-state index contributed by atoms with van der Waals surface area (Å²) in [6.45, 7) is 4.26. The van der Waals surface area contributed by atoms with Gasteiger partial charge in [-0.05, 0) is 13.8 Å². The molecule has 2 rings (SSSR count). The van der Waals surface area contributed by atoms with Crippen LogP contribution in [0.2, 0.25) is 0 Å². The van der Waals surface area contributed by atoms with Gasteiger partial charge in [0, 0.05) is 13.1 Å². The topological polar surface area (TPSA) is 81.9 Å². The summed E-state index contributed by atoms with van der Waals surface area (Å²) in [7, 11) is 1.84. The highest BCUT2D eigenvalue weighted by atomic mass is 32.1. The lowest BCUT2D eigenvalue weighted by molar-refractivity contribution is 0.384. The normalized spacial score (nSPS) is 10.6. The average Bonchev–Trinajstić information content (AvgIpc) is 2.79. The van der Waals surface area contributed by atoms with E-state index >= 15 is 0 Å². The van der Waals surface area contributed by atoms with E-state index in [9.17, 15) is 0 Å². The van der Waals surface area contributed by atoms with Crippen LogP contribution in [0.4, 0.5) is 5.82 Å². The molecule has 18 heavy (non-hydrogen) atoms. The lowest BCUT2D eigenvalue weighted by Gasteiger charge is -2.07. The van der Waals surface area contributed by atoms with Crippen molar-refractivity contribution in [2.24, 2.45) is 12.8 Å². The Labute approximate surface area is 110 Å². The third kappa shape index (κ3) is 2.35. The van der Waals surface area contributed by atoms with E-state index in [0.29, 0.717) is 11.5 Å². The monoisotopic (exact) mass is 265 g/mol. The molecule has 0 radical (unpaired) electrons. The van der Waals surface area contributed by atoms with Gasteiger partial charge in [0.15, 0.2) is 5.76 Å². The van der Waals surface area contributed by atoms with Crippen molar-refractivity contribution in [2.75, 3.05) is 5.32 Å². The second kappa shape index (κ2) is 4.77. The maximum atomic E-state index is 5.70. The third-order valence-electron chi connectivity index (χ3n) is 2.58. The molecule has 96 valence electrons. The van der Waals surface area contributed by atoms with Gasteiger partial charge in [0.2, 0.25) is 0 Å². The molecule has 0 amide bonds. The predicted octanol–water partition coefficient (Wildman–Crippen LogP) is 1.27. The summed E-state index contributed by atoms with van der Waals surface area (Å²) in [4.78, 5) is 0.330. The lowest BCUT2D eigenvalue weighted by Crippen LogP contribution is -2.14. The molecule has 2 aromatic rings. The Bertz CT molecular complexity index is 586. The highest BCUT2D eigenvalue weighted by Gasteiger charge is 2.15. The minimum absolute atomic E-state index is 0.330. The van der Waals surface area contributed by atoms with Crippen molar-refractivity contribution in [2.45, 2.75) is 20.4 Å². The summed E-state index contributed by atoms with van der Waals surface area (Å²) in [5.41, 5.74) is 8.13. The molecule has 0 unspecified atom stereocenters. The molecule has 0 aliphatic rings. The quantitative estimate of drug-likeness (QED) is 0.810. The maximum absolute atomic E-state index is 5.70. The molecule has 3 N–H and O–H groups in total. The van der Waals surface area contributed by atoms with Crippen LogP contribution in [0, 0.1) is 13.8 Å². The molecule has 2 aromatic heterocycles. The minimum atomic E-state index is 0.330. The molecule has 0 bridgehead atoms. The molecular weight excluding hydrogens is 250 g/mol. The number of thiocarbonyl (C=S) groups is 1. The van der Waals surface area contributed by atoms with Gasteiger partial charge in [-0.15, -0.1) is 0 Å². The fourth-order valence-electron chi connectivity index (χ4n) is 1.83. The molecule has 0 aliphatic heterocycles. The van der Waals surface area contributed by atoms with E-state index in [-0.39, 0.29) is 0 Å². The number of aromatic nitrogens is 3. The standard InChI is InChI=1S/C11H15N5OS/c1-6-4-8(17-15-6)5-13-11-9(10(12)18)7(2)14-16(11)3/h4,13H,5H2,1-3H3,(H2,12,18). The van der Waals surface area contributed by atoms with Crippen molar-refractivity contribution in [1.29, 1.82) is 0 Å². The number of nitrogens with two attached hydrogens (primary N) is 1. The summed E-state index contributed by atoms with van der Waals surface area (Å²) in [5.74, 6) is 1.54. The zero-order chi connectivity index (χ0) is 13.3. The Morgan fingerprint density at radius 3 is 2.83 bits per heavy atom. The van der Waals surface area contributed by atoms with Crippen molar-refractivity contribution in [3.63, 3.8) is 0 Å². The Kier molecular flexibility index (Phi) is 3.33. The fraction of sp³-hybridized carbons (Fsp3) is 0.364.